The first kappa shape index (κ1) is 11.5. The van der Waals surface area contributed by atoms with Crippen LogP contribution in [0.3, 0.4) is 0 Å². The van der Waals surface area contributed by atoms with Gasteiger partial charge >= 0.3 is 0 Å². The molecule has 0 saturated heterocycles. The van der Waals surface area contributed by atoms with Gasteiger partial charge in [-0.15, -0.1) is 0 Å². The maximum atomic E-state index is 11.2. The van der Waals surface area contributed by atoms with Crippen LogP contribution in [-0.2, 0) is 4.79 Å². The number of halogens is 2. The molecular weight excluding hydrogens is 267 g/mol. The van der Waals surface area contributed by atoms with Crippen LogP contribution in [-0.4, -0.2) is 12.5 Å². The summed E-state index contributed by atoms with van der Waals surface area (Å²) < 4.78 is 0.754. The second-order valence-electron chi connectivity index (χ2n) is 2.72. The minimum absolute atomic E-state index is 0.0956. The van der Waals surface area contributed by atoms with Crippen LogP contribution >= 0.6 is 27.5 Å². The van der Waals surface area contributed by atoms with Crippen LogP contribution in [0.25, 0.3) is 0 Å². The predicted molar refractivity (Wildman–Crippen MR) is 61.5 cm³/mol. The van der Waals surface area contributed by atoms with Gasteiger partial charge in [-0.3, -0.25) is 4.79 Å². The van der Waals surface area contributed by atoms with Crippen molar-refractivity contribution in [3.8, 4) is 0 Å². The Balaban J connectivity index is 2.68. The Hall–Kier alpha value is -0.580. The number of amides is 1. The Morgan fingerprint density at radius 3 is 2.86 bits per heavy atom. The Bertz CT molecular complexity index is 344. The molecule has 0 unspecified atom stereocenters. The Morgan fingerprint density at radius 2 is 2.29 bits per heavy atom. The Labute approximate surface area is 95.7 Å². The zero-order chi connectivity index (χ0) is 10.6. The molecule has 3 N–H and O–H groups in total. The van der Waals surface area contributed by atoms with E-state index in [0.717, 1.165) is 4.47 Å². The van der Waals surface area contributed by atoms with Crippen LogP contribution in [0.2, 0.25) is 5.02 Å². The van der Waals surface area contributed by atoms with E-state index in [1.54, 1.807) is 18.2 Å². The smallest absolute Gasteiger partial charge is 0.225 e. The molecule has 0 radical (unpaired) electrons. The van der Waals surface area contributed by atoms with Crippen LogP contribution in [0.15, 0.2) is 22.7 Å². The zero-order valence-electron chi connectivity index (χ0n) is 7.39. The average Bonchev–Trinajstić information content (AvgIpc) is 2.12. The van der Waals surface area contributed by atoms with E-state index < -0.39 is 0 Å². The molecule has 1 aromatic carbocycles. The third kappa shape index (κ3) is 3.29. The number of nitrogens with two attached hydrogens (primary N) is 1. The van der Waals surface area contributed by atoms with Crippen LogP contribution in [0.1, 0.15) is 6.42 Å². The van der Waals surface area contributed by atoms with Gasteiger partial charge in [0.15, 0.2) is 0 Å². The molecule has 0 atom stereocenters. The number of anilines is 1. The lowest BCUT2D eigenvalue weighted by molar-refractivity contribution is -0.116. The van der Waals surface area contributed by atoms with Gasteiger partial charge < -0.3 is 11.1 Å². The molecule has 76 valence electrons. The SMILES string of the molecule is NCCC(=O)Nc1ccc(Cl)c(Br)c1. The van der Waals surface area contributed by atoms with Gasteiger partial charge in [0, 0.05) is 23.1 Å². The van der Waals surface area contributed by atoms with Gasteiger partial charge in [0.1, 0.15) is 0 Å². The highest BCUT2D eigenvalue weighted by molar-refractivity contribution is 9.10. The van der Waals surface area contributed by atoms with Gasteiger partial charge in [-0.1, -0.05) is 11.6 Å². The molecular formula is C9H10BrClN2O. The fourth-order valence-corrected chi connectivity index (χ4v) is 1.42. The lowest BCUT2D eigenvalue weighted by Gasteiger charge is -2.05. The highest BCUT2D eigenvalue weighted by Crippen LogP contribution is 2.25. The first-order chi connectivity index (χ1) is 6.63. The van der Waals surface area contributed by atoms with Crippen LogP contribution < -0.4 is 11.1 Å². The second kappa shape index (κ2) is 5.34. The molecule has 0 spiro atoms. The van der Waals surface area contributed by atoms with E-state index in [2.05, 4.69) is 21.2 Å². The van der Waals surface area contributed by atoms with E-state index in [-0.39, 0.29) is 5.91 Å². The standard InChI is InChI=1S/C9H10BrClN2O/c10-7-5-6(1-2-8(7)11)13-9(14)3-4-12/h1-2,5H,3-4,12H2,(H,13,14). The number of benzene rings is 1. The van der Waals surface area contributed by atoms with Gasteiger partial charge in [0.25, 0.3) is 0 Å². The third-order valence-electron chi connectivity index (χ3n) is 1.57. The monoisotopic (exact) mass is 276 g/mol. The van der Waals surface area contributed by atoms with Gasteiger partial charge in [-0.05, 0) is 34.1 Å². The second-order valence-corrected chi connectivity index (χ2v) is 3.98. The van der Waals surface area contributed by atoms with Crippen molar-refractivity contribution in [2.75, 3.05) is 11.9 Å². The molecule has 0 aliphatic rings. The Kier molecular flexibility index (Phi) is 4.38. The summed E-state index contributed by atoms with van der Waals surface area (Å²) in [7, 11) is 0. The van der Waals surface area contributed by atoms with E-state index >= 15 is 0 Å². The largest absolute Gasteiger partial charge is 0.330 e. The molecule has 0 bridgehead atoms. The van der Waals surface area contributed by atoms with Crippen molar-refractivity contribution in [1.82, 2.24) is 0 Å². The predicted octanol–water partition coefficient (Wildman–Crippen LogP) is 2.39. The van der Waals surface area contributed by atoms with E-state index in [1.165, 1.54) is 0 Å². The van der Waals surface area contributed by atoms with Crippen LogP contribution in [0.5, 0.6) is 0 Å². The highest BCUT2D eigenvalue weighted by Gasteiger charge is 2.02. The molecule has 1 amide bonds. The lowest BCUT2D eigenvalue weighted by Crippen LogP contribution is -2.16. The van der Waals surface area contributed by atoms with Gasteiger partial charge in [0.2, 0.25) is 5.91 Å². The fourth-order valence-electron chi connectivity index (χ4n) is 0.928. The van der Waals surface area contributed by atoms with Crippen molar-refractivity contribution in [1.29, 1.82) is 0 Å². The quantitative estimate of drug-likeness (QED) is 0.891. The molecule has 0 fully saturated rings. The number of rotatable bonds is 3. The molecule has 1 aromatic rings. The molecule has 0 aliphatic carbocycles. The number of nitrogens with one attached hydrogen (secondary N) is 1. The fraction of sp³-hybridized carbons (Fsp3) is 0.222. The minimum atomic E-state index is -0.0956. The van der Waals surface area contributed by atoms with Gasteiger partial charge in [-0.2, -0.15) is 0 Å². The van der Waals surface area contributed by atoms with Crippen molar-refractivity contribution < 1.29 is 4.79 Å². The maximum absolute atomic E-state index is 11.2. The molecule has 0 aromatic heterocycles. The lowest BCUT2D eigenvalue weighted by atomic mass is 10.3. The molecule has 0 heterocycles. The first-order valence-electron chi connectivity index (χ1n) is 4.08. The van der Waals surface area contributed by atoms with E-state index in [4.69, 9.17) is 17.3 Å². The Morgan fingerprint density at radius 1 is 1.57 bits per heavy atom. The minimum Gasteiger partial charge on any atom is -0.330 e. The number of carbonyl (C=O) groups excluding carboxylic acids is 1. The maximum Gasteiger partial charge on any atom is 0.225 e. The third-order valence-corrected chi connectivity index (χ3v) is 2.79. The van der Waals surface area contributed by atoms with E-state index in [9.17, 15) is 4.79 Å². The molecule has 0 aliphatic heterocycles. The van der Waals surface area contributed by atoms with Crippen molar-refractivity contribution in [3.05, 3.63) is 27.7 Å². The number of hydrogen-bond acceptors (Lipinski definition) is 2. The summed E-state index contributed by atoms with van der Waals surface area (Å²) >= 11 is 9.07. The summed E-state index contributed by atoms with van der Waals surface area (Å²) in [5.74, 6) is -0.0956. The molecule has 14 heavy (non-hydrogen) atoms. The number of carbonyl (C=O) groups is 1. The van der Waals surface area contributed by atoms with Crippen molar-refractivity contribution in [3.63, 3.8) is 0 Å². The summed E-state index contributed by atoms with van der Waals surface area (Å²) in [6, 6.07) is 5.20. The first-order valence-corrected chi connectivity index (χ1v) is 5.25. The average molecular weight is 278 g/mol. The topological polar surface area (TPSA) is 55.1 Å². The molecule has 5 heteroatoms. The van der Waals surface area contributed by atoms with Crippen LogP contribution in [0.4, 0.5) is 5.69 Å². The van der Waals surface area contributed by atoms with Crippen molar-refractivity contribution >= 4 is 39.1 Å². The molecule has 1 rings (SSSR count). The molecule has 3 nitrogen and oxygen atoms in total. The van der Waals surface area contributed by atoms with Crippen molar-refractivity contribution in [2.45, 2.75) is 6.42 Å². The van der Waals surface area contributed by atoms with E-state index in [1.807, 2.05) is 0 Å². The summed E-state index contributed by atoms with van der Waals surface area (Å²) in [6.45, 7) is 0.348. The number of hydrogen-bond donors (Lipinski definition) is 2. The van der Waals surface area contributed by atoms with Gasteiger partial charge in [-0.25, -0.2) is 0 Å². The summed E-state index contributed by atoms with van der Waals surface area (Å²) in [5.41, 5.74) is 5.95. The van der Waals surface area contributed by atoms with Crippen LogP contribution in [0, 0.1) is 0 Å². The normalized spacial score (nSPS) is 9.93. The summed E-state index contributed by atoms with van der Waals surface area (Å²) in [5, 5.41) is 3.32. The highest BCUT2D eigenvalue weighted by atomic mass is 79.9. The zero-order valence-corrected chi connectivity index (χ0v) is 9.73. The summed E-state index contributed by atoms with van der Waals surface area (Å²) in [4.78, 5) is 11.2. The van der Waals surface area contributed by atoms with Crippen molar-refractivity contribution in [2.24, 2.45) is 5.73 Å². The van der Waals surface area contributed by atoms with Gasteiger partial charge in [0.05, 0.1) is 5.02 Å². The van der Waals surface area contributed by atoms with E-state index in [0.29, 0.717) is 23.7 Å². The summed E-state index contributed by atoms with van der Waals surface area (Å²) in [6.07, 6.45) is 0.320. The molecule has 0 saturated carbocycles.